The van der Waals surface area contributed by atoms with Crippen molar-refractivity contribution in [3.63, 3.8) is 0 Å². The number of hydrogen-bond acceptors (Lipinski definition) is 3. The van der Waals surface area contributed by atoms with Gasteiger partial charge in [-0.3, -0.25) is 4.79 Å². The molecule has 0 saturated carbocycles. The third kappa shape index (κ3) is 4.85. The summed E-state index contributed by atoms with van der Waals surface area (Å²) in [6, 6.07) is 18.2. The van der Waals surface area contributed by atoms with Crippen LogP contribution in [0.1, 0.15) is 28.8 Å². The number of benzene rings is 2. The summed E-state index contributed by atoms with van der Waals surface area (Å²) in [6.45, 7) is 1.42. The molecule has 0 aliphatic carbocycles. The van der Waals surface area contributed by atoms with Crippen LogP contribution >= 0.6 is 11.8 Å². The lowest BCUT2D eigenvalue weighted by atomic mass is 10.1. The molecule has 1 amide bonds. The molecule has 0 radical (unpaired) electrons. The largest absolute Gasteiger partial charge is 0.376 e. The molecule has 0 aromatic heterocycles. The minimum atomic E-state index is -0.0252. The molecule has 1 saturated heterocycles. The van der Waals surface area contributed by atoms with Crippen molar-refractivity contribution in [3.8, 4) is 0 Å². The van der Waals surface area contributed by atoms with Crippen molar-refractivity contribution in [2.24, 2.45) is 0 Å². The number of hydrogen-bond donors (Lipinski definition) is 1. The van der Waals surface area contributed by atoms with Gasteiger partial charge in [0.05, 0.1) is 6.10 Å². The summed E-state index contributed by atoms with van der Waals surface area (Å²) >= 11 is 1.80. The van der Waals surface area contributed by atoms with Crippen molar-refractivity contribution in [1.82, 2.24) is 5.32 Å². The Hall–Kier alpha value is -1.78. The highest BCUT2D eigenvalue weighted by Gasteiger charge is 2.16. The first kappa shape index (κ1) is 16.1. The first-order valence-corrected chi connectivity index (χ1v) is 8.96. The van der Waals surface area contributed by atoms with Gasteiger partial charge in [-0.05, 0) is 42.7 Å². The number of rotatable bonds is 6. The quantitative estimate of drug-likeness (QED) is 0.818. The Morgan fingerprint density at radius 1 is 1.13 bits per heavy atom. The van der Waals surface area contributed by atoms with Crippen molar-refractivity contribution < 1.29 is 9.53 Å². The van der Waals surface area contributed by atoms with E-state index in [9.17, 15) is 4.79 Å². The van der Waals surface area contributed by atoms with E-state index in [4.69, 9.17) is 4.74 Å². The summed E-state index contributed by atoms with van der Waals surface area (Å²) in [4.78, 5) is 13.4. The van der Waals surface area contributed by atoms with Gasteiger partial charge in [0.1, 0.15) is 0 Å². The number of thioether (sulfide) groups is 1. The summed E-state index contributed by atoms with van der Waals surface area (Å²) in [6.07, 6.45) is 2.31. The van der Waals surface area contributed by atoms with Gasteiger partial charge in [0.15, 0.2) is 0 Å². The van der Waals surface area contributed by atoms with Crippen LogP contribution in [0.2, 0.25) is 0 Å². The number of ether oxygens (including phenoxy) is 1. The van der Waals surface area contributed by atoms with Gasteiger partial charge < -0.3 is 10.1 Å². The Balaban J connectivity index is 1.49. The highest BCUT2D eigenvalue weighted by Crippen LogP contribution is 2.22. The molecule has 3 rings (SSSR count). The molecule has 23 heavy (non-hydrogen) atoms. The van der Waals surface area contributed by atoms with E-state index in [1.54, 1.807) is 11.8 Å². The van der Waals surface area contributed by atoms with Gasteiger partial charge in [-0.2, -0.15) is 0 Å². The van der Waals surface area contributed by atoms with Crippen LogP contribution in [0.25, 0.3) is 0 Å². The van der Waals surface area contributed by atoms with Crippen LogP contribution in [0.5, 0.6) is 0 Å². The minimum absolute atomic E-state index is 0.0252. The van der Waals surface area contributed by atoms with Crippen molar-refractivity contribution in [3.05, 3.63) is 65.7 Å². The van der Waals surface area contributed by atoms with E-state index in [-0.39, 0.29) is 12.0 Å². The second-order valence-corrected chi connectivity index (χ2v) is 6.69. The molecule has 3 nitrogen and oxygen atoms in total. The molecule has 2 aromatic carbocycles. The van der Waals surface area contributed by atoms with Gasteiger partial charge in [-0.15, -0.1) is 11.8 Å². The first-order valence-electron chi connectivity index (χ1n) is 7.98. The van der Waals surface area contributed by atoms with E-state index in [0.717, 1.165) is 25.2 Å². The van der Waals surface area contributed by atoms with Crippen LogP contribution in [0.3, 0.4) is 0 Å². The lowest BCUT2D eigenvalue weighted by Crippen LogP contribution is -2.31. The maximum Gasteiger partial charge on any atom is 0.251 e. The average Bonchev–Trinajstić information content (AvgIpc) is 3.13. The van der Waals surface area contributed by atoms with Crippen LogP contribution in [-0.2, 0) is 10.5 Å². The monoisotopic (exact) mass is 327 g/mol. The Bertz CT molecular complexity index is 622. The molecule has 2 aromatic rings. The number of carbonyl (C=O) groups excluding carboxylic acids is 1. The van der Waals surface area contributed by atoms with Gasteiger partial charge in [0.2, 0.25) is 0 Å². The lowest BCUT2D eigenvalue weighted by Gasteiger charge is -2.11. The molecule has 1 fully saturated rings. The van der Waals surface area contributed by atoms with E-state index < -0.39 is 0 Å². The topological polar surface area (TPSA) is 38.3 Å². The summed E-state index contributed by atoms with van der Waals surface area (Å²) in [7, 11) is 0. The van der Waals surface area contributed by atoms with Crippen molar-refractivity contribution in [2.45, 2.75) is 29.6 Å². The number of amides is 1. The maximum absolute atomic E-state index is 12.1. The third-order valence-corrected chi connectivity index (χ3v) is 4.96. The van der Waals surface area contributed by atoms with E-state index in [2.05, 4.69) is 17.4 Å². The zero-order chi connectivity index (χ0) is 15.9. The Kier molecular flexibility index (Phi) is 5.72. The fourth-order valence-corrected chi connectivity index (χ4v) is 3.43. The normalized spacial score (nSPS) is 17.1. The average molecular weight is 327 g/mol. The molecular formula is C19H21NO2S. The van der Waals surface area contributed by atoms with E-state index in [1.807, 2.05) is 42.5 Å². The van der Waals surface area contributed by atoms with Gasteiger partial charge in [-0.1, -0.05) is 30.3 Å². The molecule has 1 heterocycles. The molecule has 1 aliphatic heterocycles. The Morgan fingerprint density at radius 3 is 2.61 bits per heavy atom. The smallest absolute Gasteiger partial charge is 0.251 e. The standard InChI is InChI=1S/C19H21NO2S/c21-19(20-13-17-5-4-12-22-17)16-10-8-15(9-11-16)14-23-18-6-2-1-3-7-18/h1-3,6-11,17H,4-5,12-14H2,(H,20,21)/t17-/m1/s1. The zero-order valence-electron chi connectivity index (χ0n) is 13.0. The van der Waals surface area contributed by atoms with Crippen LogP contribution in [0.4, 0.5) is 0 Å². The summed E-state index contributed by atoms with van der Waals surface area (Å²) < 4.78 is 5.51. The summed E-state index contributed by atoms with van der Waals surface area (Å²) in [5.41, 5.74) is 1.92. The second-order valence-electron chi connectivity index (χ2n) is 5.64. The molecule has 0 spiro atoms. The van der Waals surface area contributed by atoms with Gasteiger partial charge in [-0.25, -0.2) is 0 Å². The van der Waals surface area contributed by atoms with E-state index in [1.165, 1.54) is 10.5 Å². The van der Waals surface area contributed by atoms with E-state index in [0.29, 0.717) is 12.1 Å². The minimum Gasteiger partial charge on any atom is -0.376 e. The van der Waals surface area contributed by atoms with Crippen molar-refractivity contribution >= 4 is 17.7 Å². The summed E-state index contributed by atoms with van der Waals surface area (Å²) in [5.74, 6) is 0.879. The van der Waals surface area contributed by atoms with Crippen LogP contribution in [0.15, 0.2) is 59.5 Å². The number of nitrogens with one attached hydrogen (secondary N) is 1. The molecule has 1 atom stereocenters. The Labute approximate surface area is 141 Å². The van der Waals surface area contributed by atoms with Crippen molar-refractivity contribution in [2.75, 3.05) is 13.2 Å². The number of carbonyl (C=O) groups is 1. The first-order chi connectivity index (χ1) is 11.3. The molecular weight excluding hydrogens is 306 g/mol. The summed E-state index contributed by atoms with van der Waals surface area (Å²) in [5, 5.41) is 2.95. The molecule has 1 aliphatic rings. The second kappa shape index (κ2) is 8.18. The fraction of sp³-hybridized carbons (Fsp3) is 0.316. The van der Waals surface area contributed by atoms with Crippen LogP contribution < -0.4 is 5.32 Å². The van der Waals surface area contributed by atoms with Gasteiger partial charge in [0, 0.05) is 29.4 Å². The fourth-order valence-electron chi connectivity index (χ4n) is 2.55. The predicted molar refractivity (Wildman–Crippen MR) is 93.8 cm³/mol. The zero-order valence-corrected chi connectivity index (χ0v) is 13.9. The van der Waals surface area contributed by atoms with Gasteiger partial charge in [0.25, 0.3) is 5.91 Å². The molecule has 1 N–H and O–H groups in total. The molecule has 0 bridgehead atoms. The van der Waals surface area contributed by atoms with Crippen molar-refractivity contribution in [1.29, 1.82) is 0 Å². The van der Waals surface area contributed by atoms with E-state index >= 15 is 0 Å². The molecule has 4 heteroatoms. The predicted octanol–water partition coefficient (Wildman–Crippen LogP) is 3.89. The maximum atomic E-state index is 12.1. The molecule has 120 valence electrons. The Morgan fingerprint density at radius 2 is 1.91 bits per heavy atom. The SMILES string of the molecule is O=C(NC[C@H]1CCCO1)c1ccc(CSc2ccccc2)cc1. The van der Waals surface area contributed by atoms with Crippen LogP contribution in [-0.4, -0.2) is 25.2 Å². The van der Waals surface area contributed by atoms with Crippen LogP contribution in [0, 0.1) is 0 Å². The lowest BCUT2D eigenvalue weighted by molar-refractivity contribution is 0.0858. The highest BCUT2D eigenvalue weighted by molar-refractivity contribution is 7.98. The highest BCUT2D eigenvalue weighted by atomic mass is 32.2. The molecule has 0 unspecified atom stereocenters. The van der Waals surface area contributed by atoms with Gasteiger partial charge >= 0.3 is 0 Å². The third-order valence-electron chi connectivity index (χ3n) is 3.88.